The SMILES string of the molecule is N[C@@H](Cc1c[nH]c2ccccc12)C(=O)NC[C@H](NC(=O)[C@H](Cc1c[nH]c2ccccc12)NC(=O)NCCc1ccccc1)C(=O)NC[C@H]1O[C@@H](n2ccc(=O)[nH]c2=O)[C@H](O)[C@@H]1O.O=C(O)C(F)(F)F. The zero-order valence-electron chi connectivity index (χ0n) is 36.4. The van der Waals surface area contributed by atoms with Gasteiger partial charge in [0, 0.05) is 72.5 Å². The molecule has 7 atom stereocenters. The Morgan fingerprint density at radius 3 is 1.94 bits per heavy atom. The van der Waals surface area contributed by atoms with Crippen LogP contribution in [0.3, 0.4) is 0 Å². The minimum atomic E-state index is -5.08. The fourth-order valence-electron chi connectivity index (χ4n) is 7.43. The number of hydrogen-bond donors (Lipinski definition) is 12. The number of aliphatic carboxylic acids is 1. The minimum absolute atomic E-state index is 0.0175. The molecule has 0 spiro atoms. The van der Waals surface area contributed by atoms with Crippen molar-refractivity contribution in [2.75, 3.05) is 19.6 Å². The van der Waals surface area contributed by atoms with Gasteiger partial charge in [0.1, 0.15) is 30.4 Å². The van der Waals surface area contributed by atoms with Gasteiger partial charge in [-0.05, 0) is 41.7 Å². The normalized spacial score (nSPS) is 18.0. The van der Waals surface area contributed by atoms with Gasteiger partial charge in [0.05, 0.1) is 6.04 Å². The molecule has 24 heteroatoms. The molecule has 0 aliphatic carbocycles. The molecule has 0 bridgehead atoms. The maximum atomic E-state index is 14.2. The van der Waals surface area contributed by atoms with Gasteiger partial charge < -0.3 is 62.3 Å². The molecular formula is C45H49F3N10O11. The first-order valence-electron chi connectivity index (χ1n) is 21.3. The first-order valence-corrected chi connectivity index (χ1v) is 21.3. The van der Waals surface area contributed by atoms with Crippen LogP contribution in [-0.2, 0) is 43.2 Å². The van der Waals surface area contributed by atoms with E-state index in [9.17, 15) is 52.2 Å². The number of urea groups is 1. The van der Waals surface area contributed by atoms with Crippen LogP contribution in [0.15, 0.2) is 113 Å². The molecule has 7 rings (SSSR count). The highest BCUT2D eigenvalue weighted by molar-refractivity contribution is 5.94. The molecule has 0 radical (unpaired) electrons. The molecule has 3 aromatic carbocycles. The number of para-hydroxylation sites is 2. The van der Waals surface area contributed by atoms with E-state index >= 15 is 0 Å². The van der Waals surface area contributed by atoms with Gasteiger partial charge in [0.25, 0.3) is 5.56 Å². The molecule has 3 aromatic heterocycles. The fourth-order valence-corrected chi connectivity index (χ4v) is 7.43. The number of ether oxygens (including phenoxy) is 1. The van der Waals surface area contributed by atoms with E-state index in [4.69, 9.17) is 20.4 Å². The summed E-state index contributed by atoms with van der Waals surface area (Å²) in [6.07, 6.45) is -5.62. The van der Waals surface area contributed by atoms with E-state index in [2.05, 4.69) is 41.5 Å². The molecular weight excluding hydrogens is 914 g/mol. The quantitative estimate of drug-likeness (QED) is 0.0583. The lowest BCUT2D eigenvalue weighted by Gasteiger charge is -2.25. The van der Waals surface area contributed by atoms with Gasteiger partial charge in [0.15, 0.2) is 6.23 Å². The number of carboxylic acid groups (broad SMARTS) is 1. The van der Waals surface area contributed by atoms with Crippen LogP contribution >= 0.6 is 0 Å². The summed E-state index contributed by atoms with van der Waals surface area (Å²) in [5.74, 6) is -4.94. The largest absolute Gasteiger partial charge is 0.490 e. The first-order chi connectivity index (χ1) is 32.9. The number of carboxylic acids is 1. The van der Waals surface area contributed by atoms with E-state index in [0.717, 1.165) is 49.8 Å². The number of carbonyl (C=O) groups excluding carboxylic acids is 4. The van der Waals surface area contributed by atoms with Gasteiger partial charge in [0.2, 0.25) is 17.7 Å². The van der Waals surface area contributed by atoms with E-state index in [1.54, 1.807) is 12.4 Å². The Bertz CT molecular complexity index is 2870. The number of aromatic nitrogens is 4. The van der Waals surface area contributed by atoms with Crippen molar-refractivity contribution in [3.63, 3.8) is 0 Å². The standard InChI is InChI=1S/C43H48N10O9.C2HF3O2/c44-29(18-25-20-46-30-12-6-4-10-27(25)30)38(57)48-22-33(39(58)49-23-34-36(55)37(56)41(62-34)53-17-15-35(54)52-43(53)61)50-40(59)32(19-26-21-47-31-13-7-5-11-28(26)31)51-42(60)45-16-14-24-8-2-1-3-9-24;3-2(4,5)1(6)7/h1-13,15,17,20-21,29,32-34,36-37,41,46-47,55-56H,14,16,18-19,22-23,44H2,(H,48,57)(H,49,58)(H,50,59)(H2,45,51,60)(H,52,54,61);(H,6,7)/t29-,32-,33-,34+,36+,37+,41+;/m0./s1. The number of hydrogen-bond acceptors (Lipinski definition) is 11. The molecule has 0 unspecified atom stereocenters. The van der Waals surface area contributed by atoms with Crippen LogP contribution in [0.4, 0.5) is 18.0 Å². The highest BCUT2D eigenvalue weighted by Crippen LogP contribution is 2.28. The lowest BCUT2D eigenvalue weighted by atomic mass is 10.0. The Morgan fingerprint density at radius 2 is 1.33 bits per heavy atom. The Kier molecular flexibility index (Phi) is 16.7. The van der Waals surface area contributed by atoms with E-state index in [1.165, 1.54) is 0 Å². The number of nitrogens with zero attached hydrogens (tertiary/aromatic N) is 1. The molecule has 366 valence electrons. The molecule has 6 aromatic rings. The predicted octanol–water partition coefficient (Wildman–Crippen LogP) is 0.192. The Hall–Kier alpha value is -7.80. The third kappa shape index (κ3) is 13.4. The number of fused-ring (bicyclic) bond motifs is 2. The Balaban J connectivity index is 0.00000104. The zero-order valence-corrected chi connectivity index (χ0v) is 36.4. The number of amides is 5. The number of aliphatic hydroxyl groups excluding tert-OH is 2. The second-order valence-electron chi connectivity index (χ2n) is 15.8. The number of aromatic amines is 3. The second-order valence-corrected chi connectivity index (χ2v) is 15.8. The summed E-state index contributed by atoms with van der Waals surface area (Å²) in [5, 5.41) is 43.8. The highest BCUT2D eigenvalue weighted by Gasteiger charge is 2.44. The van der Waals surface area contributed by atoms with Crippen molar-refractivity contribution in [1.29, 1.82) is 0 Å². The number of aliphatic hydroxyl groups is 2. The van der Waals surface area contributed by atoms with Crippen LogP contribution in [0.2, 0.25) is 0 Å². The summed E-state index contributed by atoms with van der Waals surface area (Å²) < 4.78 is 38.4. The number of carbonyl (C=O) groups is 5. The zero-order chi connectivity index (χ0) is 49.8. The average molecular weight is 963 g/mol. The van der Waals surface area contributed by atoms with Crippen LogP contribution < -0.4 is 43.6 Å². The van der Waals surface area contributed by atoms with Gasteiger partial charge in [-0.25, -0.2) is 14.4 Å². The average Bonchev–Trinajstić information content (AvgIpc) is 4.01. The van der Waals surface area contributed by atoms with Gasteiger partial charge in [-0.1, -0.05) is 66.7 Å². The van der Waals surface area contributed by atoms with Gasteiger partial charge in [-0.15, -0.1) is 0 Å². The summed E-state index contributed by atoms with van der Waals surface area (Å²) >= 11 is 0. The van der Waals surface area contributed by atoms with Crippen molar-refractivity contribution in [3.05, 3.63) is 141 Å². The summed E-state index contributed by atoms with van der Waals surface area (Å²) in [7, 11) is 0. The van der Waals surface area contributed by atoms with Crippen LogP contribution in [0, 0.1) is 0 Å². The lowest BCUT2D eigenvalue weighted by molar-refractivity contribution is -0.192. The maximum Gasteiger partial charge on any atom is 0.490 e. The summed E-state index contributed by atoms with van der Waals surface area (Å²) in [6.45, 7) is -0.575. The van der Waals surface area contributed by atoms with Gasteiger partial charge in [-0.3, -0.25) is 28.7 Å². The summed E-state index contributed by atoms with van der Waals surface area (Å²) in [4.78, 5) is 96.1. The first kappa shape index (κ1) is 50.6. The van der Waals surface area contributed by atoms with E-state index in [-0.39, 0.29) is 19.4 Å². The number of rotatable bonds is 17. The molecule has 69 heavy (non-hydrogen) atoms. The smallest absolute Gasteiger partial charge is 0.475 e. The number of nitrogens with one attached hydrogen (secondary N) is 8. The number of halogens is 3. The molecule has 1 aliphatic heterocycles. The van der Waals surface area contributed by atoms with Gasteiger partial charge >= 0.3 is 23.9 Å². The third-order valence-corrected chi connectivity index (χ3v) is 11.0. The minimum Gasteiger partial charge on any atom is -0.475 e. The summed E-state index contributed by atoms with van der Waals surface area (Å²) in [5.41, 5.74) is 8.97. The number of benzene rings is 3. The van der Waals surface area contributed by atoms with E-state index < -0.39 is 103 Å². The Morgan fingerprint density at radius 1 is 0.739 bits per heavy atom. The molecule has 0 saturated carbocycles. The third-order valence-electron chi connectivity index (χ3n) is 11.0. The predicted molar refractivity (Wildman–Crippen MR) is 241 cm³/mol. The maximum absolute atomic E-state index is 14.2. The van der Waals surface area contributed by atoms with Crippen LogP contribution in [0.25, 0.3) is 21.8 Å². The second kappa shape index (κ2) is 22.8. The van der Waals surface area contributed by atoms with Crippen LogP contribution in [-0.4, -0.2) is 127 Å². The number of H-pyrrole nitrogens is 3. The van der Waals surface area contributed by atoms with E-state index in [0.29, 0.717) is 12.0 Å². The Labute approximate surface area is 388 Å². The van der Waals surface area contributed by atoms with Crippen molar-refractivity contribution < 1.29 is 57.2 Å². The topological polar surface area (TPSA) is 328 Å². The molecule has 4 heterocycles. The highest BCUT2D eigenvalue weighted by atomic mass is 19.4. The van der Waals surface area contributed by atoms with Crippen molar-refractivity contribution in [3.8, 4) is 0 Å². The fraction of sp³-hybridized carbons (Fsp3) is 0.311. The van der Waals surface area contributed by atoms with Crippen molar-refractivity contribution in [2.45, 2.75) is 68.1 Å². The molecule has 5 amide bonds. The van der Waals surface area contributed by atoms with Crippen LogP contribution in [0.1, 0.15) is 22.9 Å². The van der Waals surface area contributed by atoms with Crippen LogP contribution in [0.5, 0.6) is 0 Å². The molecule has 13 N–H and O–H groups in total. The molecule has 1 aliphatic rings. The number of alkyl halides is 3. The van der Waals surface area contributed by atoms with Crippen molar-refractivity contribution in [2.24, 2.45) is 5.73 Å². The van der Waals surface area contributed by atoms with E-state index in [1.807, 2.05) is 78.9 Å². The molecule has 1 saturated heterocycles. The van der Waals surface area contributed by atoms with Gasteiger partial charge in [-0.2, -0.15) is 13.2 Å². The van der Waals surface area contributed by atoms with Crippen molar-refractivity contribution >= 4 is 51.5 Å². The summed E-state index contributed by atoms with van der Waals surface area (Å²) in [6, 6.07) is 21.2. The van der Waals surface area contributed by atoms with Crippen molar-refractivity contribution in [1.82, 2.24) is 46.1 Å². The number of nitrogens with two attached hydrogens (primary N) is 1. The molecule has 1 fully saturated rings. The lowest BCUT2D eigenvalue weighted by Crippen LogP contribution is -2.59. The molecule has 21 nitrogen and oxygen atoms in total. The monoisotopic (exact) mass is 962 g/mol.